The Labute approximate surface area is 196 Å². The second-order valence-corrected chi connectivity index (χ2v) is 8.72. The van der Waals surface area contributed by atoms with E-state index < -0.39 is 17.2 Å². The van der Waals surface area contributed by atoms with E-state index in [0.717, 1.165) is 11.8 Å². The summed E-state index contributed by atoms with van der Waals surface area (Å²) in [4.78, 5) is 20.4. The highest BCUT2D eigenvalue weighted by molar-refractivity contribution is 6.00. The van der Waals surface area contributed by atoms with E-state index in [1.54, 1.807) is 25.6 Å². The van der Waals surface area contributed by atoms with Crippen LogP contribution in [0.5, 0.6) is 11.5 Å². The summed E-state index contributed by atoms with van der Waals surface area (Å²) >= 11 is 0. The molecule has 0 aliphatic carbocycles. The minimum atomic E-state index is -0.803. The standard InChI is InChI=1S/C25H27F2N3O4/c1-25(2,33-4)13-34-20-12-28-7-5-16(20)22-17(21-19(30-22)6-8-29-24(21)31)10-14-9-15(26)11-18(27)23(14)32-3/h5,7,9,11-12,30H,6,8,10,13H2,1-4H3,(H,29,31). The number of rotatable bonds is 8. The second kappa shape index (κ2) is 9.42. The minimum Gasteiger partial charge on any atom is -0.493 e. The number of H-pyrrole nitrogens is 1. The van der Waals surface area contributed by atoms with Crippen LogP contribution < -0.4 is 14.8 Å². The van der Waals surface area contributed by atoms with Gasteiger partial charge in [-0.15, -0.1) is 0 Å². The van der Waals surface area contributed by atoms with Gasteiger partial charge in [-0.2, -0.15) is 0 Å². The van der Waals surface area contributed by atoms with Crippen molar-refractivity contribution < 1.29 is 27.8 Å². The number of nitrogens with one attached hydrogen (secondary N) is 2. The van der Waals surface area contributed by atoms with Gasteiger partial charge in [0.25, 0.3) is 5.91 Å². The first-order valence-corrected chi connectivity index (χ1v) is 10.9. The van der Waals surface area contributed by atoms with Gasteiger partial charge in [0.2, 0.25) is 0 Å². The number of methoxy groups -OCH3 is 2. The fourth-order valence-corrected chi connectivity index (χ4v) is 4.03. The number of carbonyl (C=O) groups is 1. The Kier molecular flexibility index (Phi) is 6.56. The third kappa shape index (κ3) is 4.61. The van der Waals surface area contributed by atoms with Gasteiger partial charge in [0.1, 0.15) is 18.2 Å². The first-order valence-electron chi connectivity index (χ1n) is 10.9. The Bertz CT molecular complexity index is 1220. The first kappa shape index (κ1) is 23.7. The molecule has 0 fully saturated rings. The molecule has 4 rings (SSSR count). The van der Waals surface area contributed by atoms with Crippen LogP contribution in [0.3, 0.4) is 0 Å². The van der Waals surface area contributed by atoms with Gasteiger partial charge in [0.15, 0.2) is 11.6 Å². The predicted molar refractivity (Wildman–Crippen MR) is 122 cm³/mol. The molecule has 2 aromatic heterocycles. The summed E-state index contributed by atoms with van der Waals surface area (Å²) in [5.41, 5.74) is 2.88. The number of halogens is 2. The van der Waals surface area contributed by atoms with E-state index in [2.05, 4.69) is 15.3 Å². The monoisotopic (exact) mass is 471 g/mol. The maximum Gasteiger partial charge on any atom is 0.253 e. The Morgan fingerprint density at radius 3 is 2.74 bits per heavy atom. The van der Waals surface area contributed by atoms with Gasteiger partial charge >= 0.3 is 0 Å². The molecule has 180 valence electrons. The van der Waals surface area contributed by atoms with Crippen LogP contribution in [0.1, 0.15) is 41.0 Å². The number of carbonyl (C=O) groups excluding carboxylic acids is 1. The van der Waals surface area contributed by atoms with Crippen molar-refractivity contribution in [1.82, 2.24) is 15.3 Å². The number of ether oxygens (including phenoxy) is 3. The summed E-state index contributed by atoms with van der Waals surface area (Å²) in [6.07, 6.45) is 3.88. The van der Waals surface area contributed by atoms with Gasteiger partial charge in [-0.25, -0.2) is 8.78 Å². The van der Waals surface area contributed by atoms with Crippen molar-refractivity contribution in [2.24, 2.45) is 0 Å². The maximum atomic E-state index is 14.4. The van der Waals surface area contributed by atoms with Gasteiger partial charge in [0, 0.05) is 55.6 Å². The van der Waals surface area contributed by atoms with Gasteiger partial charge in [-0.3, -0.25) is 9.78 Å². The van der Waals surface area contributed by atoms with Crippen LogP contribution >= 0.6 is 0 Å². The van der Waals surface area contributed by atoms with Crippen molar-refractivity contribution in [3.63, 3.8) is 0 Å². The minimum absolute atomic E-state index is 0.0634. The molecule has 1 aliphatic rings. The molecule has 3 aromatic rings. The normalized spacial score (nSPS) is 13.4. The largest absolute Gasteiger partial charge is 0.493 e. The number of hydrogen-bond donors (Lipinski definition) is 2. The van der Waals surface area contributed by atoms with E-state index in [-0.39, 0.29) is 24.7 Å². The summed E-state index contributed by atoms with van der Waals surface area (Å²) < 4.78 is 45.2. The van der Waals surface area contributed by atoms with E-state index in [1.165, 1.54) is 13.2 Å². The van der Waals surface area contributed by atoms with Crippen LogP contribution in [-0.4, -0.2) is 48.8 Å². The maximum absolute atomic E-state index is 14.4. The molecule has 0 unspecified atom stereocenters. The lowest BCUT2D eigenvalue weighted by Gasteiger charge is -2.23. The van der Waals surface area contributed by atoms with Crippen LogP contribution in [0.2, 0.25) is 0 Å². The van der Waals surface area contributed by atoms with Crippen molar-refractivity contribution >= 4 is 5.91 Å². The number of aromatic amines is 1. The van der Waals surface area contributed by atoms with Gasteiger partial charge in [0.05, 0.1) is 30.2 Å². The molecule has 0 saturated heterocycles. The van der Waals surface area contributed by atoms with Crippen molar-refractivity contribution in [3.8, 4) is 22.8 Å². The summed E-state index contributed by atoms with van der Waals surface area (Å²) in [7, 11) is 2.93. The molecule has 0 saturated carbocycles. The Hall–Kier alpha value is -3.46. The topological polar surface area (TPSA) is 85.5 Å². The average molecular weight is 472 g/mol. The van der Waals surface area contributed by atoms with Crippen LogP contribution in [0.25, 0.3) is 11.3 Å². The zero-order valence-electron chi connectivity index (χ0n) is 19.6. The van der Waals surface area contributed by atoms with Crippen molar-refractivity contribution in [1.29, 1.82) is 0 Å². The summed E-state index contributed by atoms with van der Waals surface area (Å²) in [5.74, 6) is -1.34. The zero-order valence-corrected chi connectivity index (χ0v) is 19.6. The third-order valence-electron chi connectivity index (χ3n) is 5.91. The number of benzene rings is 1. The zero-order chi connectivity index (χ0) is 24.5. The lowest BCUT2D eigenvalue weighted by Crippen LogP contribution is -2.32. The molecule has 7 nitrogen and oxygen atoms in total. The number of hydrogen-bond acceptors (Lipinski definition) is 5. The van der Waals surface area contributed by atoms with Crippen LogP contribution in [0.4, 0.5) is 8.78 Å². The molecule has 0 radical (unpaired) electrons. The van der Waals surface area contributed by atoms with E-state index in [0.29, 0.717) is 46.7 Å². The Balaban J connectivity index is 1.85. The molecular weight excluding hydrogens is 444 g/mol. The fraction of sp³-hybridized carbons (Fsp3) is 0.360. The van der Waals surface area contributed by atoms with E-state index in [1.807, 2.05) is 13.8 Å². The molecule has 3 heterocycles. The van der Waals surface area contributed by atoms with E-state index in [4.69, 9.17) is 14.2 Å². The lowest BCUT2D eigenvalue weighted by molar-refractivity contribution is -0.0146. The number of amides is 1. The van der Waals surface area contributed by atoms with Crippen LogP contribution in [-0.2, 0) is 17.6 Å². The number of fused-ring (bicyclic) bond motifs is 1. The second-order valence-electron chi connectivity index (χ2n) is 8.72. The number of aromatic nitrogens is 2. The van der Waals surface area contributed by atoms with Crippen molar-refractivity contribution in [2.75, 3.05) is 27.4 Å². The molecule has 34 heavy (non-hydrogen) atoms. The SMILES string of the molecule is COc1c(F)cc(F)cc1Cc1c(-c2ccncc2OCC(C)(C)OC)[nH]c2c1C(=O)NCC2. The summed E-state index contributed by atoms with van der Waals surface area (Å²) in [6.45, 7) is 4.56. The number of nitrogens with zero attached hydrogens (tertiary/aromatic N) is 1. The highest BCUT2D eigenvalue weighted by atomic mass is 19.1. The molecule has 0 atom stereocenters. The highest BCUT2D eigenvalue weighted by Gasteiger charge is 2.29. The molecule has 1 amide bonds. The number of pyridine rings is 1. The highest BCUT2D eigenvalue weighted by Crippen LogP contribution is 2.38. The molecule has 9 heteroatoms. The Morgan fingerprint density at radius 2 is 2.00 bits per heavy atom. The van der Waals surface area contributed by atoms with Crippen molar-refractivity contribution in [3.05, 3.63) is 64.6 Å². The third-order valence-corrected chi connectivity index (χ3v) is 5.91. The van der Waals surface area contributed by atoms with Gasteiger partial charge in [-0.1, -0.05) is 0 Å². The summed E-state index contributed by atoms with van der Waals surface area (Å²) in [6, 6.07) is 3.77. The lowest BCUT2D eigenvalue weighted by atomic mass is 9.94. The first-order chi connectivity index (χ1) is 16.2. The van der Waals surface area contributed by atoms with E-state index in [9.17, 15) is 13.6 Å². The van der Waals surface area contributed by atoms with E-state index >= 15 is 0 Å². The molecule has 1 aliphatic heterocycles. The van der Waals surface area contributed by atoms with Crippen LogP contribution in [0.15, 0.2) is 30.6 Å². The van der Waals surface area contributed by atoms with Gasteiger partial charge < -0.3 is 24.5 Å². The molecule has 1 aromatic carbocycles. The predicted octanol–water partition coefficient (Wildman–Crippen LogP) is 4.04. The quantitative estimate of drug-likeness (QED) is 0.518. The van der Waals surface area contributed by atoms with Gasteiger partial charge in [-0.05, 0) is 31.5 Å². The van der Waals surface area contributed by atoms with Crippen LogP contribution in [0, 0.1) is 11.6 Å². The fourth-order valence-electron chi connectivity index (χ4n) is 4.03. The average Bonchev–Trinajstić information content (AvgIpc) is 3.17. The smallest absolute Gasteiger partial charge is 0.253 e. The molecule has 2 N–H and O–H groups in total. The molecule has 0 spiro atoms. The molecule has 0 bridgehead atoms. The molecular formula is C25H27F2N3O4. The Morgan fingerprint density at radius 1 is 1.21 bits per heavy atom. The van der Waals surface area contributed by atoms with Crippen molar-refractivity contribution in [2.45, 2.75) is 32.3 Å². The summed E-state index contributed by atoms with van der Waals surface area (Å²) in [5, 5.41) is 2.85.